The predicted octanol–water partition coefficient (Wildman–Crippen LogP) is 4.19. The number of ether oxygens (including phenoxy) is 2. The summed E-state index contributed by atoms with van der Waals surface area (Å²) in [4.78, 5) is 24.7. The number of allylic oxidation sites excluding steroid dienone is 1. The summed E-state index contributed by atoms with van der Waals surface area (Å²) in [6.45, 7) is 5.45. The normalized spacial score (nSPS) is 17.2. The van der Waals surface area contributed by atoms with Gasteiger partial charge in [0.1, 0.15) is 5.75 Å². The van der Waals surface area contributed by atoms with Gasteiger partial charge in [-0.1, -0.05) is 6.92 Å². The lowest BCUT2D eigenvalue weighted by Crippen LogP contribution is -2.46. The molecule has 1 aliphatic heterocycles. The Hall–Kier alpha value is -1.54. The minimum Gasteiger partial charge on any atom is -0.494 e. The second-order valence-electron chi connectivity index (χ2n) is 5.75. The van der Waals surface area contributed by atoms with Gasteiger partial charge in [0, 0.05) is 5.70 Å². The molecular weight excluding hydrogens is 456 g/mol. The molecule has 0 bridgehead atoms. The van der Waals surface area contributed by atoms with Gasteiger partial charge in [-0.3, -0.25) is 0 Å². The number of methoxy groups -OCH3 is 1. The van der Waals surface area contributed by atoms with Crippen LogP contribution in [0.4, 0.5) is 4.79 Å². The molecule has 25 heavy (non-hydrogen) atoms. The van der Waals surface area contributed by atoms with Gasteiger partial charge in [0.05, 0.1) is 33.8 Å². The average Bonchev–Trinajstić information content (AvgIpc) is 2.52. The number of hydrogen-bond donors (Lipinski definition) is 2. The quantitative estimate of drug-likeness (QED) is 0.626. The first-order chi connectivity index (χ1) is 11.8. The number of halogens is 2. The predicted molar refractivity (Wildman–Crippen MR) is 101 cm³/mol. The molecular formula is C17H20Br2N2O4. The van der Waals surface area contributed by atoms with E-state index < -0.39 is 12.0 Å². The van der Waals surface area contributed by atoms with E-state index >= 15 is 0 Å². The molecule has 0 saturated carbocycles. The van der Waals surface area contributed by atoms with Crippen LogP contribution in [0.25, 0.3) is 0 Å². The molecule has 0 radical (unpaired) electrons. The van der Waals surface area contributed by atoms with Gasteiger partial charge in [0.15, 0.2) is 0 Å². The van der Waals surface area contributed by atoms with Gasteiger partial charge in [-0.25, -0.2) is 9.59 Å². The molecule has 6 nitrogen and oxygen atoms in total. The van der Waals surface area contributed by atoms with Crippen LogP contribution in [0.5, 0.6) is 5.75 Å². The minimum atomic E-state index is -0.617. The van der Waals surface area contributed by atoms with Gasteiger partial charge < -0.3 is 20.1 Å². The van der Waals surface area contributed by atoms with E-state index in [4.69, 9.17) is 9.47 Å². The number of carbonyl (C=O) groups is 2. The molecule has 1 heterocycles. The number of carbonyl (C=O) groups excluding carboxylic acids is 2. The molecule has 1 aromatic carbocycles. The number of nitrogens with one attached hydrogen (secondary N) is 2. The molecule has 2 N–H and O–H groups in total. The lowest BCUT2D eigenvalue weighted by atomic mass is 9.94. The maximum absolute atomic E-state index is 12.6. The third kappa shape index (κ3) is 4.36. The number of esters is 1. The standard InChI is InChI=1S/C17H20Br2N2O4/c1-5-12-13(16(22)25-8(2)3)14(21-17(23)20-12)9-6-10(18)15(24-4)11(19)7-9/h6-8,14H,5H2,1-4H3,(H2,20,21,23). The summed E-state index contributed by atoms with van der Waals surface area (Å²) in [6.07, 6.45) is 0.246. The number of hydrogen-bond acceptors (Lipinski definition) is 4. The molecule has 0 aliphatic carbocycles. The first-order valence-corrected chi connectivity index (χ1v) is 9.41. The fourth-order valence-electron chi connectivity index (χ4n) is 2.61. The third-order valence-electron chi connectivity index (χ3n) is 3.63. The monoisotopic (exact) mass is 474 g/mol. The molecule has 1 unspecified atom stereocenters. The Morgan fingerprint density at radius 3 is 2.36 bits per heavy atom. The fraction of sp³-hybridized carbons (Fsp3) is 0.412. The first kappa shape index (κ1) is 19.8. The van der Waals surface area contributed by atoms with Crippen molar-refractivity contribution in [3.8, 4) is 5.75 Å². The number of rotatable bonds is 5. The van der Waals surface area contributed by atoms with Crippen LogP contribution < -0.4 is 15.4 Å². The SMILES string of the molecule is CCC1=C(C(=O)OC(C)C)C(c2cc(Br)c(OC)c(Br)c2)NC(=O)N1. The highest BCUT2D eigenvalue weighted by molar-refractivity contribution is 9.11. The molecule has 1 atom stereocenters. The highest BCUT2D eigenvalue weighted by Gasteiger charge is 2.34. The smallest absolute Gasteiger partial charge is 0.338 e. The molecule has 1 aromatic rings. The van der Waals surface area contributed by atoms with E-state index in [1.54, 1.807) is 21.0 Å². The maximum Gasteiger partial charge on any atom is 0.338 e. The van der Waals surface area contributed by atoms with Crippen molar-refractivity contribution in [3.05, 3.63) is 37.9 Å². The molecule has 2 rings (SSSR count). The zero-order valence-electron chi connectivity index (χ0n) is 14.4. The Kier molecular flexibility index (Phi) is 6.51. The van der Waals surface area contributed by atoms with E-state index in [0.29, 0.717) is 32.4 Å². The van der Waals surface area contributed by atoms with E-state index in [2.05, 4.69) is 42.5 Å². The minimum absolute atomic E-state index is 0.259. The summed E-state index contributed by atoms with van der Waals surface area (Å²) < 4.78 is 12.1. The Morgan fingerprint density at radius 2 is 1.88 bits per heavy atom. The molecule has 136 valence electrons. The second kappa shape index (κ2) is 8.23. The van der Waals surface area contributed by atoms with Crippen molar-refractivity contribution in [2.75, 3.05) is 7.11 Å². The second-order valence-corrected chi connectivity index (χ2v) is 7.46. The van der Waals surface area contributed by atoms with Crippen LogP contribution in [0.2, 0.25) is 0 Å². The van der Waals surface area contributed by atoms with Crippen LogP contribution in [0, 0.1) is 0 Å². The largest absolute Gasteiger partial charge is 0.494 e. The third-order valence-corrected chi connectivity index (χ3v) is 4.81. The molecule has 0 saturated heterocycles. The van der Waals surface area contributed by atoms with Crippen molar-refractivity contribution in [2.24, 2.45) is 0 Å². The van der Waals surface area contributed by atoms with Crippen LogP contribution >= 0.6 is 31.9 Å². The van der Waals surface area contributed by atoms with Crippen molar-refractivity contribution in [3.63, 3.8) is 0 Å². The van der Waals surface area contributed by atoms with Gasteiger partial charge in [-0.05, 0) is 69.8 Å². The number of urea groups is 1. The van der Waals surface area contributed by atoms with Crippen LogP contribution in [0.1, 0.15) is 38.8 Å². The van der Waals surface area contributed by atoms with E-state index in [0.717, 1.165) is 5.56 Å². The summed E-state index contributed by atoms with van der Waals surface area (Å²) >= 11 is 6.91. The Morgan fingerprint density at radius 1 is 1.28 bits per heavy atom. The van der Waals surface area contributed by atoms with Crippen LogP contribution in [-0.2, 0) is 9.53 Å². The van der Waals surface area contributed by atoms with Crippen molar-refractivity contribution in [1.82, 2.24) is 10.6 Å². The summed E-state index contributed by atoms with van der Waals surface area (Å²) in [5.74, 6) is 0.183. The summed E-state index contributed by atoms with van der Waals surface area (Å²) in [5.41, 5.74) is 1.69. The molecule has 1 aliphatic rings. The Balaban J connectivity index is 2.56. The molecule has 8 heteroatoms. The Bertz CT molecular complexity index is 708. The van der Waals surface area contributed by atoms with Crippen molar-refractivity contribution in [2.45, 2.75) is 39.3 Å². The lowest BCUT2D eigenvalue weighted by molar-refractivity contribution is -0.143. The summed E-state index contributed by atoms with van der Waals surface area (Å²) in [7, 11) is 1.57. The zero-order chi connectivity index (χ0) is 18.7. The fourth-order valence-corrected chi connectivity index (χ4v) is 4.15. The summed E-state index contributed by atoms with van der Waals surface area (Å²) in [6, 6.07) is 2.66. The topological polar surface area (TPSA) is 76.7 Å². The van der Waals surface area contributed by atoms with Crippen molar-refractivity contribution >= 4 is 43.9 Å². The highest BCUT2D eigenvalue weighted by Crippen LogP contribution is 2.38. The van der Waals surface area contributed by atoms with Gasteiger partial charge in [0.2, 0.25) is 0 Å². The Labute approximate surface area is 163 Å². The van der Waals surface area contributed by atoms with Crippen LogP contribution in [0.15, 0.2) is 32.3 Å². The maximum atomic E-state index is 12.6. The average molecular weight is 476 g/mol. The van der Waals surface area contributed by atoms with Crippen LogP contribution in [-0.4, -0.2) is 25.2 Å². The molecule has 0 aromatic heterocycles. The van der Waals surface area contributed by atoms with Gasteiger partial charge in [-0.15, -0.1) is 0 Å². The molecule has 0 spiro atoms. The van der Waals surface area contributed by atoms with Gasteiger partial charge >= 0.3 is 12.0 Å². The van der Waals surface area contributed by atoms with Crippen molar-refractivity contribution in [1.29, 1.82) is 0 Å². The van der Waals surface area contributed by atoms with Gasteiger partial charge in [-0.2, -0.15) is 0 Å². The van der Waals surface area contributed by atoms with E-state index in [9.17, 15) is 9.59 Å². The first-order valence-electron chi connectivity index (χ1n) is 7.82. The summed E-state index contributed by atoms with van der Waals surface area (Å²) in [5, 5.41) is 5.50. The van der Waals surface area contributed by atoms with E-state index in [-0.39, 0.29) is 12.1 Å². The van der Waals surface area contributed by atoms with Crippen LogP contribution in [0.3, 0.4) is 0 Å². The number of benzene rings is 1. The zero-order valence-corrected chi connectivity index (χ0v) is 17.6. The van der Waals surface area contributed by atoms with Gasteiger partial charge in [0.25, 0.3) is 0 Å². The lowest BCUT2D eigenvalue weighted by Gasteiger charge is -2.30. The highest BCUT2D eigenvalue weighted by atomic mass is 79.9. The molecule has 2 amide bonds. The van der Waals surface area contributed by atoms with Crippen molar-refractivity contribution < 1.29 is 19.1 Å². The van der Waals surface area contributed by atoms with E-state index in [1.165, 1.54) is 0 Å². The number of amides is 2. The molecule has 0 fully saturated rings. The van der Waals surface area contributed by atoms with E-state index in [1.807, 2.05) is 19.1 Å².